The normalized spacial score (nSPS) is 14.5. The van der Waals surface area contributed by atoms with Crippen molar-refractivity contribution in [3.63, 3.8) is 0 Å². The van der Waals surface area contributed by atoms with Gasteiger partial charge in [-0.05, 0) is 25.3 Å². The number of hydrogen-bond acceptors (Lipinski definition) is 6. The standard InChI is InChI=1S/C15H16N4O3S/c20-15(11-8-14(19(21)22)23-10-11)17-12-9-16-5-4-13(12)18-6-2-1-3-7-18/h4-5,8-10H,1-3,6-7H2,(H,17,20). The van der Waals surface area contributed by atoms with Crippen LogP contribution >= 0.6 is 11.3 Å². The molecule has 7 nitrogen and oxygen atoms in total. The molecule has 0 saturated carbocycles. The van der Waals surface area contributed by atoms with Crippen LogP contribution in [0.3, 0.4) is 0 Å². The molecule has 0 unspecified atom stereocenters. The van der Waals surface area contributed by atoms with Crippen molar-refractivity contribution in [3.05, 3.63) is 45.6 Å². The van der Waals surface area contributed by atoms with Crippen LogP contribution in [0, 0.1) is 10.1 Å². The molecule has 0 aromatic carbocycles. The van der Waals surface area contributed by atoms with Crippen molar-refractivity contribution >= 4 is 33.6 Å². The van der Waals surface area contributed by atoms with Crippen LogP contribution in [-0.2, 0) is 0 Å². The van der Waals surface area contributed by atoms with Gasteiger partial charge in [0, 0.05) is 30.7 Å². The molecule has 120 valence electrons. The van der Waals surface area contributed by atoms with E-state index in [0.29, 0.717) is 5.69 Å². The molecule has 0 bridgehead atoms. The number of carbonyl (C=O) groups excluding carboxylic acids is 1. The number of nitrogens with zero attached hydrogens (tertiary/aromatic N) is 3. The van der Waals surface area contributed by atoms with Crippen molar-refractivity contribution < 1.29 is 9.72 Å². The molecule has 0 aliphatic carbocycles. The number of anilines is 2. The number of hydrogen-bond donors (Lipinski definition) is 1. The molecular weight excluding hydrogens is 316 g/mol. The highest BCUT2D eigenvalue weighted by molar-refractivity contribution is 7.13. The van der Waals surface area contributed by atoms with Crippen LogP contribution in [0.15, 0.2) is 29.9 Å². The van der Waals surface area contributed by atoms with Gasteiger partial charge in [-0.2, -0.15) is 0 Å². The van der Waals surface area contributed by atoms with E-state index in [9.17, 15) is 14.9 Å². The Morgan fingerprint density at radius 3 is 2.83 bits per heavy atom. The van der Waals surface area contributed by atoms with E-state index in [0.717, 1.165) is 43.0 Å². The lowest BCUT2D eigenvalue weighted by molar-refractivity contribution is -0.380. The molecule has 3 rings (SSSR count). The van der Waals surface area contributed by atoms with Crippen molar-refractivity contribution in [2.24, 2.45) is 0 Å². The Morgan fingerprint density at radius 2 is 2.13 bits per heavy atom. The highest BCUT2D eigenvalue weighted by Gasteiger charge is 2.18. The zero-order valence-electron chi connectivity index (χ0n) is 12.4. The van der Waals surface area contributed by atoms with Crippen molar-refractivity contribution in [1.82, 2.24) is 4.98 Å². The van der Waals surface area contributed by atoms with Crippen LogP contribution in [0.25, 0.3) is 0 Å². The number of piperidine rings is 1. The van der Waals surface area contributed by atoms with Crippen molar-refractivity contribution in [3.8, 4) is 0 Å². The topological polar surface area (TPSA) is 88.4 Å². The van der Waals surface area contributed by atoms with Crippen LogP contribution in [0.5, 0.6) is 0 Å². The average molecular weight is 332 g/mol. The first-order valence-electron chi connectivity index (χ1n) is 7.38. The number of amides is 1. The van der Waals surface area contributed by atoms with Crippen molar-refractivity contribution in [1.29, 1.82) is 0 Å². The highest BCUT2D eigenvalue weighted by Crippen LogP contribution is 2.29. The van der Waals surface area contributed by atoms with Gasteiger partial charge in [0.2, 0.25) is 0 Å². The first-order chi connectivity index (χ1) is 11.1. The van der Waals surface area contributed by atoms with E-state index >= 15 is 0 Å². The van der Waals surface area contributed by atoms with Crippen LogP contribution in [0.4, 0.5) is 16.4 Å². The van der Waals surface area contributed by atoms with Gasteiger partial charge >= 0.3 is 5.00 Å². The molecule has 8 heteroatoms. The maximum absolute atomic E-state index is 12.3. The van der Waals surface area contributed by atoms with Crippen molar-refractivity contribution in [2.75, 3.05) is 23.3 Å². The van der Waals surface area contributed by atoms with Gasteiger partial charge in [-0.25, -0.2) is 0 Å². The van der Waals surface area contributed by atoms with E-state index in [1.165, 1.54) is 17.9 Å². The van der Waals surface area contributed by atoms with Gasteiger partial charge < -0.3 is 10.2 Å². The summed E-state index contributed by atoms with van der Waals surface area (Å²) in [5.41, 5.74) is 1.86. The fourth-order valence-corrected chi connectivity index (χ4v) is 3.33. The number of nitrogens with one attached hydrogen (secondary N) is 1. The quantitative estimate of drug-likeness (QED) is 0.685. The number of thiophene rings is 1. The third-order valence-electron chi connectivity index (χ3n) is 3.77. The maximum Gasteiger partial charge on any atom is 0.324 e. The third-order valence-corrected chi connectivity index (χ3v) is 4.65. The van der Waals surface area contributed by atoms with E-state index in [4.69, 9.17) is 0 Å². The summed E-state index contributed by atoms with van der Waals surface area (Å²) in [6, 6.07) is 3.17. The molecule has 0 atom stereocenters. The Kier molecular flexibility index (Phi) is 4.52. The monoisotopic (exact) mass is 332 g/mol. The second-order valence-corrected chi connectivity index (χ2v) is 6.22. The van der Waals surface area contributed by atoms with E-state index in [-0.39, 0.29) is 16.5 Å². The fraction of sp³-hybridized carbons (Fsp3) is 0.333. The summed E-state index contributed by atoms with van der Waals surface area (Å²) in [5, 5.41) is 15.0. The number of aromatic nitrogens is 1. The second-order valence-electron chi connectivity index (χ2n) is 5.33. The molecule has 1 fully saturated rings. The van der Waals surface area contributed by atoms with Gasteiger partial charge in [0.15, 0.2) is 0 Å². The second kappa shape index (κ2) is 6.74. The minimum absolute atomic E-state index is 0.0439. The van der Waals surface area contributed by atoms with Gasteiger partial charge in [-0.1, -0.05) is 11.3 Å². The highest BCUT2D eigenvalue weighted by atomic mass is 32.1. The Balaban J connectivity index is 1.79. The van der Waals surface area contributed by atoms with E-state index in [1.807, 2.05) is 6.07 Å². The van der Waals surface area contributed by atoms with E-state index in [2.05, 4.69) is 15.2 Å². The Bertz CT molecular complexity index is 725. The molecule has 1 saturated heterocycles. The van der Waals surface area contributed by atoms with Crippen LogP contribution < -0.4 is 10.2 Å². The number of nitro groups is 1. The molecule has 2 aromatic rings. The summed E-state index contributed by atoms with van der Waals surface area (Å²) in [5.74, 6) is -0.361. The molecule has 1 aliphatic rings. The fourth-order valence-electron chi connectivity index (χ4n) is 2.63. The lowest BCUT2D eigenvalue weighted by Crippen LogP contribution is -2.30. The molecular formula is C15H16N4O3S. The lowest BCUT2D eigenvalue weighted by Gasteiger charge is -2.30. The van der Waals surface area contributed by atoms with Gasteiger partial charge in [-0.15, -0.1) is 0 Å². The summed E-state index contributed by atoms with van der Waals surface area (Å²) in [4.78, 5) is 28.8. The predicted octanol–water partition coefficient (Wildman–Crippen LogP) is 3.29. The average Bonchev–Trinajstić information content (AvgIpc) is 3.07. The summed E-state index contributed by atoms with van der Waals surface area (Å²) in [7, 11) is 0. The zero-order chi connectivity index (χ0) is 16.2. The summed E-state index contributed by atoms with van der Waals surface area (Å²) in [6.45, 7) is 1.91. The van der Waals surface area contributed by atoms with Crippen LogP contribution in [-0.4, -0.2) is 28.9 Å². The first kappa shape index (κ1) is 15.4. The van der Waals surface area contributed by atoms with Gasteiger partial charge in [0.1, 0.15) is 0 Å². The lowest BCUT2D eigenvalue weighted by atomic mass is 10.1. The van der Waals surface area contributed by atoms with Gasteiger partial charge in [0.05, 0.1) is 28.1 Å². The molecule has 1 N–H and O–H groups in total. The minimum Gasteiger partial charge on any atom is -0.370 e. The molecule has 2 aromatic heterocycles. The molecule has 3 heterocycles. The largest absolute Gasteiger partial charge is 0.370 e. The molecule has 0 radical (unpaired) electrons. The summed E-state index contributed by atoms with van der Waals surface area (Å²) in [6.07, 6.45) is 6.80. The number of carbonyl (C=O) groups is 1. The Morgan fingerprint density at radius 1 is 1.35 bits per heavy atom. The van der Waals surface area contributed by atoms with E-state index in [1.54, 1.807) is 12.4 Å². The van der Waals surface area contributed by atoms with Crippen molar-refractivity contribution in [2.45, 2.75) is 19.3 Å². The predicted molar refractivity (Wildman–Crippen MR) is 89.2 cm³/mol. The summed E-state index contributed by atoms with van der Waals surface area (Å²) >= 11 is 0.943. The first-order valence-corrected chi connectivity index (χ1v) is 8.26. The van der Waals surface area contributed by atoms with Crippen LogP contribution in [0.2, 0.25) is 0 Å². The Labute approximate surface area is 137 Å². The zero-order valence-corrected chi connectivity index (χ0v) is 13.2. The molecule has 0 spiro atoms. The number of pyridine rings is 1. The Hall–Kier alpha value is -2.48. The maximum atomic E-state index is 12.3. The van der Waals surface area contributed by atoms with E-state index < -0.39 is 4.92 Å². The summed E-state index contributed by atoms with van der Waals surface area (Å²) < 4.78 is 0. The van der Waals surface area contributed by atoms with Gasteiger partial charge in [0.25, 0.3) is 5.91 Å². The number of rotatable bonds is 4. The molecule has 23 heavy (non-hydrogen) atoms. The minimum atomic E-state index is -0.495. The molecule has 1 amide bonds. The smallest absolute Gasteiger partial charge is 0.324 e. The third kappa shape index (κ3) is 3.48. The molecule has 1 aliphatic heterocycles. The van der Waals surface area contributed by atoms with Gasteiger partial charge in [-0.3, -0.25) is 19.9 Å². The van der Waals surface area contributed by atoms with Crippen LogP contribution in [0.1, 0.15) is 29.6 Å². The SMILES string of the molecule is O=C(Nc1cnccc1N1CCCCC1)c1csc([N+](=O)[O-])c1.